The zero-order valence-electron chi connectivity index (χ0n) is 5.72. The van der Waals surface area contributed by atoms with Gasteiger partial charge < -0.3 is 10.3 Å². The molecule has 0 spiro atoms. The normalized spacial score (nSPS) is 10.2. The quantitative estimate of drug-likeness (QED) is 0.719. The number of aryl methyl sites for hydroxylation is 1. The van der Waals surface area contributed by atoms with E-state index >= 15 is 0 Å². The zero-order chi connectivity index (χ0) is 7.56. The van der Waals surface area contributed by atoms with Crippen molar-refractivity contribution >= 4 is 17.3 Å². The van der Waals surface area contributed by atoms with Gasteiger partial charge in [0.25, 0.3) is 0 Å². The third kappa shape index (κ3) is 1.24. The minimum atomic E-state index is 0.267. The molecule has 1 aromatic heterocycles. The van der Waals surface area contributed by atoms with Crippen LogP contribution in [0.5, 0.6) is 0 Å². The smallest absolute Gasteiger partial charge is 0.195 e. The second-order valence-electron chi connectivity index (χ2n) is 2.06. The monoisotopic (exact) mass is 160 g/mol. The molecule has 0 unspecified atom stereocenters. The summed E-state index contributed by atoms with van der Waals surface area (Å²) in [5.74, 6) is 0.688. The van der Waals surface area contributed by atoms with Gasteiger partial charge in [0.05, 0.1) is 0 Å². The van der Waals surface area contributed by atoms with Gasteiger partial charge in [0.15, 0.2) is 10.9 Å². The molecule has 0 amide bonds. The van der Waals surface area contributed by atoms with Gasteiger partial charge in [-0.1, -0.05) is 23.7 Å². The van der Waals surface area contributed by atoms with Crippen LogP contribution in [0, 0.1) is 0 Å². The Morgan fingerprint density at radius 1 is 1.70 bits per heavy atom. The number of aromatic nitrogens is 1. The highest BCUT2D eigenvalue weighted by atomic mass is 35.5. The summed E-state index contributed by atoms with van der Waals surface area (Å²) >= 11 is 5.54. The predicted octanol–water partition coefficient (Wildman–Crippen LogP) is 1.86. The Labute approximate surface area is 64.1 Å². The van der Waals surface area contributed by atoms with Crippen LogP contribution < -0.4 is 5.73 Å². The number of rotatable bonds is 2. The average Bonchev–Trinajstić information content (AvgIpc) is 2.20. The van der Waals surface area contributed by atoms with Crippen LogP contribution in [0.3, 0.4) is 0 Å². The second-order valence-corrected chi connectivity index (χ2v) is 2.42. The Bertz CT molecular complexity index is 222. The Morgan fingerprint density at radius 3 is 2.80 bits per heavy atom. The first kappa shape index (κ1) is 7.41. The lowest BCUT2D eigenvalue weighted by atomic mass is 10.2. The standard InChI is InChI=1S/C6H9ClN2O/c1-2-3-4-5(8)6(7)9-10-4/h2-3,8H2,1H3. The van der Waals surface area contributed by atoms with E-state index in [0.29, 0.717) is 11.4 Å². The summed E-state index contributed by atoms with van der Waals surface area (Å²) in [5.41, 5.74) is 5.98. The summed E-state index contributed by atoms with van der Waals surface area (Å²) < 4.78 is 4.83. The minimum Gasteiger partial charge on any atom is -0.393 e. The van der Waals surface area contributed by atoms with Crippen molar-refractivity contribution in [2.24, 2.45) is 0 Å². The molecule has 1 rings (SSSR count). The van der Waals surface area contributed by atoms with E-state index in [4.69, 9.17) is 21.9 Å². The summed E-state index contributed by atoms with van der Waals surface area (Å²) in [7, 11) is 0. The van der Waals surface area contributed by atoms with Gasteiger partial charge in [0, 0.05) is 6.42 Å². The van der Waals surface area contributed by atoms with Crippen LogP contribution in [0.15, 0.2) is 4.52 Å². The molecule has 56 valence electrons. The van der Waals surface area contributed by atoms with E-state index in [1.807, 2.05) is 6.92 Å². The molecule has 0 saturated carbocycles. The number of nitrogen functional groups attached to an aromatic ring is 1. The number of halogens is 1. The maximum absolute atomic E-state index is 5.54. The molecule has 0 atom stereocenters. The van der Waals surface area contributed by atoms with Gasteiger partial charge in [0.2, 0.25) is 0 Å². The molecule has 0 bridgehead atoms. The fraction of sp³-hybridized carbons (Fsp3) is 0.500. The SMILES string of the molecule is CCCc1onc(Cl)c1N. The molecule has 0 fully saturated rings. The Morgan fingerprint density at radius 2 is 2.40 bits per heavy atom. The minimum absolute atomic E-state index is 0.267. The van der Waals surface area contributed by atoms with Crippen LogP contribution >= 0.6 is 11.6 Å². The third-order valence-corrected chi connectivity index (χ3v) is 1.51. The van der Waals surface area contributed by atoms with Crippen molar-refractivity contribution in [1.29, 1.82) is 0 Å². The lowest BCUT2D eigenvalue weighted by molar-refractivity contribution is 0.383. The lowest BCUT2D eigenvalue weighted by Gasteiger charge is -1.89. The molecule has 4 heteroatoms. The van der Waals surface area contributed by atoms with Gasteiger partial charge >= 0.3 is 0 Å². The summed E-state index contributed by atoms with van der Waals surface area (Å²) in [6, 6.07) is 0. The van der Waals surface area contributed by atoms with Crippen molar-refractivity contribution in [3.8, 4) is 0 Å². The maximum atomic E-state index is 5.54. The van der Waals surface area contributed by atoms with Crippen molar-refractivity contribution in [2.45, 2.75) is 19.8 Å². The van der Waals surface area contributed by atoms with Crippen molar-refractivity contribution < 1.29 is 4.52 Å². The fourth-order valence-electron chi connectivity index (χ4n) is 0.716. The first-order chi connectivity index (χ1) is 4.75. The van der Waals surface area contributed by atoms with Gasteiger partial charge in [0.1, 0.15) is 5.69 Å². The highest BCUT2D eigenvalue weighted by molar-refractivity contribution is 6.31. The number of anilines is 1. The summed E-state index contributed by atoms with van der Waals surface area (Å²) in [6.07, 6.45) is 1.78. The maximum Gasteiger partial charge on any atom is 0.195 e. The number of hydrogen-bond donors (Lipinski definition) is 1. The van der Waals surface area contributed by atoms with E-state index in [1.165, 1.54) is 0 Å². The van der Waals surface area contributed by atoms with Gasteiger partial charge in [-0.2, -0.15) is 0 Å². The molecule has 0 aliphatic heterocycles. The molecule has 1 heterocycles. The second kappa shape index (κ2) is 2.92. The predicted molar refractivity (Wildman–Crippen MR) is 39.9 cm³/mol. The summed E-state index contributed by atoms with van der Waals surface area (Å²) in [4.78, 5) is 0. The Hall–Kier alpha value is -0.700. The first-order valence-corrected chi connectivity index (χ1v) is 3.53. The van der Waals surface area contributed by atoms with E-state index in [-0.39, 0.29) is 5.15 Å². The third-order valence-electron chi connectivity index (χ3n) is 1.24. The van der Waals surface area contributed by atoms with Crippen LogP contribution in [-0.4, -0.2) is 5.16 Å². The molecule has 10 heavy (non-hydrogen) atoms. The van der Waals surface area contributed by atoms with E-state index in [9.17, 15) is 0 Å². The molecular weight excluding hydrogens is 152 g/mol. The van der Waals surface area contributed by atoms with Crippen LogP contribution in [0.25, 0.3) is 0 Å². The molecule has 0 aliphatic rings. The van der Waals surface area contributed by atoms with E-state index < -0.39 is 0 Å². The van der Waals surface area contributed by atoms with Gasteiger partial charge in [-0.05, 0) is 6.42 Å². The molecular formula is C6H9ClN2O. The molecule has 2 N–H and O–H groups in total. The van der Waals surface area contributed by atoms with Crippen LogP contribution in [0.2, 0.25) is 5.15 Å². The van der Waals surface area contributed by atoms with Crippen LogP contribution in [0.4, 0.5) is 5.69 Å². The molecule has 1 aromatic rings. The number of nitrogens with zero attached hydrogens (tertiary/aromatic N) is 1. The average molecular weight is 161 g/mol. The molecule has 0 aromatic carbocycles. The van der Waals surface area contributed by atoms with Crippen molar-refractivity contribution in [3.63, 3.8) is 0 Å². The fourth-order valence-corrected chi connectivity index (χ4v) is 0.856. The van der Waals surface area contributed by atoms with Gasteiger partial charge in [-0.15, -0.1) is 0 Å². The molecule has 0 aliphatic carbocycles. The van der Waals surface area contributed by atoms with E-state index in [0.717, 1.165) is 12.8 Å². The van der Waals surface area contributed by atoms with E-state index in [2.05, 4.69) is 5.16 Å². The molecule has 0 radical (unpaired) electrons. The summed E-state index contributed by atoms with van der Waals surface area (Å²) in [5, 5.41) is 3.77. The highest BCUT2D eigenvalue weighted by Crippen LogP contribution is 2.22. The lowest BCUT2D eigenvalue weighted by Crippen LogP contribution is -1.88. The van der Waals surface area contributed by atoms with Crippen LogP contribution in [0.1, 0.15) is 19.1 Å². The van der Waals surface area contributed by atoms with Crippen molar-refractivity contribution in [3.05, 3.63) is 10.9 Å². The molecule has 0 saturated heterocycles. The topological polar surface area (TPSA) is 52.0 Å². The number of nitrogens with two attached hydrogens (primary N) is 1. The number of hydrogen-bond acceptors (Lipinski definition) is 3. The van der Waals surface area contributed by atoms with Crippen molar-refractivity contribution in [1.82, 2.24) is 5.16 Å². The Balaban J connectivity index is 2.83. The highest BCUT2D eigenvalue weighted by Gasteiger charge is 2.08. The van der Waals surface area contributed by atoms with E-state index in [1.54, 1.807) is 0 Å². The van der Waals surface area contributed by atoms with Crippen LogP contribution in [-0.2, 0) is 6.42 Å². The van der Waals surface area contributed by atoms with Gasteiger partial charge in [-0.3, -0.25) is 0 Å². The zero-order valence-corrected chi connectivity index (χ0v) is 6.48. The van der Waals surface area contributed by atoms with Gasteiger partial charge in [-0.25, -0.2) is 0 Å². The van der Waals surface area contributed by atoms with Crippen molar-refractivity contribution in [2.75, 3.05) is 5.73 Å². The molecule has 3 nitrogen and oxygen atoms in total. The Kier molecular flexibility index (Phi) is 2.17. The first-order valence-electron chi connectivity index (χ1n) is 3.15. The largest absolute Gasteiger partial charge is 0.393 e. The summed E-state index contributed by atoms with van der Waals surface area (Å²) in [6.45, 7) is 2.04.